The highest BCUT2D eigenvalue weighted by Gasteiger charge is 2.72. The normalized spacial score (nSPS) is 29.5. The lowest BCUT2D eigenvalue weighted by molar-refractivity contribution is -0.152. The van der Waals surface area contributed by atoms with Gasteiger partial charge in [-0.05, 0) is 24.1 Å². The van der Waals surface area contributed by atoms with E-state index in [1.54, 1.807) is 21.5 Å². The Bertz CT molecular complexity index is 1600. The molecule has 5 heterocycles. The number of hydrogen-bond acceptors (Lipinski definition) is 7. The number of ether oxygens (including phenoxy) is 1. The number of nitrogens with zero attached hydrogens (tertiary/aromatic N) is 6. The molecule has 11 heteroatoms. The van der Waals surface area contributed by atoms with Gasteiger partial charge in [0.05, 0.1) is 36.1 Å². The van der Waals surface area contributed by atoms with Crippen LogP contribution in [-0.2, 0) is 32.2 Å². The number of likely N-dealkylation sites (tertiary alicyclic amines) is 1. The van der Waals surface area contributed by atoms with Crippen LogP contribution in [0.25, 0.3) is 11.0 Å². The molecule has 11 nitrogen and oxygen atoms in total. The highest BCUT2D eigenvalue weighted by atomic mass is 16.5. The van der Waals surface area contributed by atoms with E-state index in [0.717, 1.165) is 11.1 Å². The number of carbonyl (C=O) groups is 3. The molecule has 1 unspecified atom stereocenters. The number of benzene rings is 2. The number of aliphatic hydroxyl groups is 1. The second-order valence-electron chi connectivity index (χ2n) is 11.4. The van der Waals surface area contributed by atoms with Gasteiger partial charge in [-0.1, -0.05) is 72.0 Å². The van der Waals surface area contributed by atoms with Gasteiger partial charge in [0.2, 0.25) is 11.8 Å². The van der Waals surface area contributed by atoms with Crippen LogP contribution in [-0.4, -0.2) is 103 Å². The Morgan fingerprint density at radius 2 is 1.79 bits per heavy atom. The molecule has 4 aliphatic rings. The second-order valence-corrected chi connectivity index (χ2v) is 11.4. The molecule has 2 aromatic carbocycles. The van der Waals surface area contributed by atoms with Crippen molar-refractivity contribution in [3.63, 3.8) is 0 Å². The molecule has 0 saturated carbocycles. The largest absolute Gasteiger partial charge is 0.394 e. The average molecular weight is 569 g/mol. The van der Waals surface area contributed by atoms with Crippen LogP contribution in [0, 0.1) is 11.8 Å². The number of hydrogen-bond donors (Lipinski definition) is 1. The molecule has 6 atom stereocenters. The van der Waals surface area contributed by atoms with E-state index in [9.17, 15) is 19.5 Å². The first-order valence-electron chi connectivity index (χ1n) is 14.2. The van der Waals surface area contributed by atoms with Crippen molar-refractivity contribution in [3.8, 4) is 0 Å². The summed E-state index contributed by atoms with van der Waals surface area (Å²) in [5.41, 5.74) is 1.04. The van der Waals surface area contributed by atoms with Gasteiger partial charge in [0, 0.05) is 20.1 Å². The molecule has 1 spiro atoms. The standard InChI is InChI=1S/C31H32N6O5/c1-34-15-7-13-24-25(28(34)39)26-29(40)37(21(18-38)17-20-9-3-2-4-10-20)27-30(41)35(16-8-14-31(26,27)42-24)19-36-23-12-6-5-11-22(23)32-33-36/h2-14,21,24-27,38H,15-19H2,1H3/t21-,24-,25+,26+,27?,31+/m1/s1. The monoisotopic (exact) mass is 568 g/mol. The predicted octanol–water partition coefficient (Wildman–Crippen LogP) is 1.000. The second kappa shape index (κ2) is 10.2. The molecule has 0 bridgehead atoms. The van der Waals surface area contributed by atoms with Crippen molar-refractivity contribution in [2.45, 2.75) is 36.9 Å². The minimum Gasteiger partial charge on any atom is -0.394 e. The van der Waals surface area contributed by atoms with Gasteiger partial charge in [-0.2, -0.15) is 0 Å². The lowest BCUT2D eigenvalue weighted by Gasteiger charge is -2.38. The molecule has 1 aromatic heterocycles. The van der Waals surface area contributed by atoms with E-state index in [-0.39, 0.29) is 37.5 Å². The molecule has 7 rings (SSSR count). The van der Waals surface area contributed by atoms with Crippen LogP contribution in [0.5, 0.6) is 0 Å². The Morgan fingerprint density at radius 3 is 2.60 bits per heavy atom. The number of fused-ring (bicyclic) bond motifs is 3. The molecular weight excluding hydrogens is 536 g/mol. The Kier molecular flexibility index (Phi) is 6.43. The van der Waals surface area contributed by atoms with Crippen molar-refractivity contribution >= 4 is 28.8 Å². The van der Waals surface area contributed by atoms with Crippen LogP contribution in [0.15, 0.2) is 78.9 Å². The van der Waals surface area contributed by atoms with Crippen LogP contribution in [0.2, 0.25) is 0 Å². The minimum atomic E-state index is -1.37. The van der Waals surface area contributed by atoms with Gasteiger partial charge in [0.1, 0.15) is 23.8 Å². The first-order chi connectivity index (χ1) is 20.4. The SMILES string of the molecule is CN1CC=C[C@H]2O[C@]34C=CCN(Cn5nnc6ccccc65)C(=O)C3N([C@@H](CO)Cc3ccccc3)C(=O)[C@@H]4[C@H]2C1=O. The number of para-hydroxylation sites is 1. The molecule has 42 heavy (non-hydrogen) atoms. The summed E-state index contributed by atoms with van der Waals surface area (Å²) in [4.78, 5) is 47.5. The topological polar surface area (TPSA) is 121 Å². The maximum Gasteiger partial charge on any atom is 0.250 e. The number of likely N-dealkylation sites (N-methyl/N-ethyl adjacent to an activating group) is 1. The number of aliphatic hydroxyl groups excluding tert-OH is 1. The third-order valence-electron chi connectivity index (χ3n) is 9.02. The Balaban J connectivity index is 1.32. The van der Waals surface area contributed by atoms with Gasteiger partial charge in [0.15, 0.2) is 0 Å². The molecule has 0 aliphatic carbocycles. The van der Waals surface area contributed by atoms with Crippen molar-refractivity contribution in [2.24, 2.45) is 11.8 Å². The highest BCUT2D eigenvalue weighted by Crippen LogP contribution is 2.54. The van der Waals surface area contributed by atoms with Crippen molar-refractivity contribution < 1.29 is 24.2 Å². The summed E-state index contributed by atoms with van der Waals surface area (Å²) in [6, 6.07) is 15.3. The molecule has 3 aromatic rings. The van der Waals surface area contributed by atoms with Gasteiger partial charge in [0.25, 0.3) is 5.91 Å². The van der Waals surface area contributed by atoms with E-state index in [1.807, 2.05) is 78.9 Å². The first-order valence-corrected chi connectivity index (χ1v) is 14.2. The summed E-state index contributed by atoms with van der Waals surface area (Å²) >= 11 is 0. The molecular formula is C31H32N6O5. The van der Waals surface area contributed by atoms with E-state index in [0.29, 0.717) is 18.5 Å². The fraction of sp³-hybridized carbons (Fsp3) is 0.387. The molecule has 0 radical (unpaired) electrons. The third-order valence-corrected chi connectivity index (χ3v) is 9.02. The summed E-state index contributed by atoms with van der Waals surface area (Å²) in [7, 11) is 1.71. The van der Waals surface area contributed by atoms with Crippen LogP contribution in [0.1, 0.15) is 5.56 Å². The molecule has 216 valence electrons. The van der Waals surface area contributed by atoms with E-state index in [4.69, 9.17) is 4.74 Å². The maximum absolute atomic E-state index is 14.6. The van der Waals surface area contributed by atoms with Gasteiger partial charge in [-0.15, -0.1) is 5.10 Å². The quantitative estimate of drug-likeness (QED) is 0.441. The van der Waals surface area contributed by atoms with Gasteiger partial charge < -0.3 is 24.5 Å². The van der Waals surface area contributed by atoms with Crippen molar-refractivity contribution in [1.82, 2.24) is 29.7 Å². The summed E-state index contributed by atoms with van der Waals surface area (Å²) in [6.07, 6.45) is 7.05. The van der Waals surface area contributed by atoms with Gasteiger partial charge >= 0.3 is 0 Å². The highest BCUT2D eigenvalue weighted by molar-refractivity contribution is 6.00. The van der Waals surface area contributed by atoms with Crippen LogP contribution in [0.3, 0.4) is 0 Å². The number of amides is 3. The zero-order chi connectivity index (χ0) is 29.0. The van der Waals surface area contributed by atoms with E-state index in [1.165, 1.54) is 4.90 Å². The fourth-order valence-corrected chi connectivity index (χ4v) is 7.09. The number of rotatable bonds is 6. The predicted molar refractivity (Wildman–Crippen MR) is 151 cm³/mol. The summed E-state index contributed by atoms with van der Waals surface area (Å²) in [5, 5.41) is 19.1. The van der Waals surface area contributed by atoms with Gasteiger partial charge in [-0.3, -0.25) is 14.4 Å². The zero-order valence-electron chi connectivity index (χ0n) is 23.2. The molecule has 1 N–H and O–H groups in total. The number of aromatic nitrogens is 3. The van der Waals surface area contributed by atoms with Crippen molar-refractivity contribution in [2.75, 3.05) is 26.7 Å². The minimum absolute atomic E-state index is 0.111. The molecule has 2 saturated heterocycles. The third kappa shape index (κ3) is 3.98. The van der Waals surface area contributed by atoms with Crippen molar-refractivity contribution in [3.05, 3.63) is 84.5 Å². The number of carbonyl (C=O) groups excluding carboxylic acids is 3. The molecule has 3 amide bonds. The summed E-state index contributed by atoms with van der Waals surface area (Å²) in [5.74, 6) is -2.58. The summed E-state index contributed by atoms with van der Waals surface area (Å²) < 4.78 is 8.34. The van der Waals surface area contributed by atoms with E-state index >= 15 is 0 Å². The van der Waals surface area contributed by atoms with Crippen LogP contribution >= 0.6 is 0 Å². The fourth-order valence-electron chi connectivity index (χ4n) is 7.09. The van der Waals surface area contributed by atoms with E-state index in [2.05, 4.69) is 10.3 Å². The average Bonchev–Trinajstić information content (AvgIpc) is 3.57. The Labute approximate surface area is 242 Å². The first kappa shape index (κ1) is 26.5. The zero-order valence-corrected chi connectivity index (χ0v) is 23.2. The Hall–Kier alpha value is -4.35. The smallest absolute Gasteiger partial charge is 0.250 e. The van der Waals surface area contributed by atoms with E-state index < -0.39 is 35.6 Å². The van der Waals surface area contributed by atoms with Crippen molar-refractivity contribution in [1.29, 1.82) is 0 Å². The Morgan fingerprint density at radius 1 is 1.00 bits per heavy atom. The van der Waals surface area contributed by atoms with Crippen LogP contribution < -0.4 is 0 Å². The molecule has 4 aliphatic heterocycles. The lowest BCUT2D eigenvalue weighted by Crippen LogP contribution is -2.58. The summed E-state index contributed by atoms with van der Waals surface area (Å²) in [6.45, 7) is 0.426. The van der Waals surface area contributed by atoms with Crippen LogP contribution in [0.4, 0.5) is 0 Å². The maximum atomic E-state index is 14.6. The molecule has 2 fully saturated rings. The van der Waals surface area contributed by atoms with Gasteiger partial charge in [-0.25, -0.2) is 4.68 Å². The lowest BCUT2D eigenvalue weighted by atomic mass is 9.77.